The van der Waals surface area contributed by atoms with Crippen LogP contribution in [-0.2, 0) is 21.7 Å². The molecule has 0 aliphatic carbocycles. The molecule has 4 rings (SSSR count). The van der Waals surface area contributed by atoms with E-state index in [1.54, 1.807) is 13.2 Å². The Morgan fingerprint density at radius 2 is 1.63 bits per heavy atom. The Morgan fingerprint density at radius 3 is 2.26 bits per heavy atom. The highest BCUT2D eigenvalue weighted by molar-refractivity contribution is 7.91. The number of hydrogen-bond donors (Lipinski definition) is 0. The molecule has 10 heteroatoms. The van der Waals surface area contributed by atoms with Crippen LogP contribution >= 0.6 is 11.6 Å². The molecule has 0 aliphatic heterocycles. The predicted octanol–water partition coefficient (Wildman–Crippen LogP) is 6.16. The fourth-order valence-corrected chi connectivity index (χ4v) is 5.83. The lowest BCUT2D eigenvalue weighted by Crippen LogP contribution is -2.25. The number of aromatic nitrogens is 2. The lowest BCUT2D eigenvalue weighted by atomic mass is 9.81. The number of halogens is 3. The van der Waals surface area contributed by atoms with Crippen LogP contribution < -0.4 is 9.47 Å². The summed E-state index contributed by atoms with van der Waals surface area (Å²) >= 11 is 5.86. The Balaban J connectivity index is 1.81. The summed E-state index contributed by atoms with van der Waals surface area (Å²) in [7, 11) is -0.856. The van der Waals surface area contributed by atoms with Crippen molar-refractivity contribution >= 4 is 21.4 Å². The monoisotopic (exact) mass is 560 g/mol. The van der Waals surface area contributed by atoms with Crippen molar-refractivity contribution in [2.24, 2.45) is 0 Å². The second kappa shape index (κ2) is 10.7. The number of methoxy groups -OCH3 is 2. The first-order chi connectivity index (χ1) is 18.0. The van der Waals surface area contributed by atoms with Crippen molar-refractivity contribution in [1.29, 1.82) is 0 Å². The van der Waals surface area contributed by atoms with Gasteiger partial charge in [0.25, 0.3) is 0 Å². The van der Waals surface area contributed by atoms with Gasteiger partial charge in [0, 0.05) is 11.1 Å². The van der Waals surface area contributed by atoms with E-state index in [0.717, 1.165) is 5.56 Å². The molecule has 0 atom stereocenters. The Morgan fingerprint density at radius 1 is 0.947 bits per heavy atom. The van der Waals surface area contributed by atoms with Gasteiger partial charge in [0.1, 0.15) is 11.6 Å². The van der Waals surface area contributed by atoms with Crippen LogP contribution in [0.2, 0.25) is 5.02 Å². The standard InChI is InChI=1S/C28H27ClF2N2O4S/c1-28(2,19-6-12-24(36-3)25(16-19)37-4)26-17-32-27(33(26)21-9-7-20(30)8-10-21)38(34,35)14-13-18-5-11-23(31)22(29)15-18/h5-12,15-17H,13-14H2,1-4H3. The van der Waals surface area contributed by atoms with Crippen LogP contribution in [0.1, 0.15) is 30.7 Å². The maximum atomic E-state index is 13.8. The highest BCUT2D eigenvalue weighted by Gasteiger charge is 2.33. The van der Waals surface area contributed by atoms with Crippen molar-refractivity contribution in [3.63, 3.8) is 0 Å². The minimum atomic E-state index is -3.94. The van der Waals surface area contributed by atoms with E-state index in [4.69, 9.17) is 21.1 Å². The third-order valence-corrected chi connectivity index (χ3v) is 8.36. The van der Waals surface area contributed by atoms with Gasteiger partial charge in [-0.05, 0) is 66.1 Å². The second-order valence-corrected chi connectivity index (χ2v) is 11.7. The zero-order chi connectivity index (χ0) is 27.7. The lowest BCUT2D eigenvalue weighted by molar-refractivity contribution is 0.353. The number of sulfone groups is 1. The molecular weight excluding hydrogens is 534 g/mol. The molecule has 0 amide bonds. The maximum absolute atomic E-state index is 13.8. The molecule has 0 saturated carbocycles. The molecule has 200 valence electrons. The fourth-order valence-electron chi connectivity index (χ4n) is 4.25. The van der Waals surface area contributed by atoms with Crippen molar-refractivity contribution in [2.75, 3.05) is 20.0 Å². The number of ether oxygens (including phenoxy) is 2. The molecule has 4 aromatic rings. The minimum absolute atomic E-state index is 0.0772. The van der Waals surface area contributed by atoms with Crippen LogP contribution in [0.15, 0.2) is 72.0 Å². The quantitative estimate of drug-likeness (QED) is 0.245. The van der Waals surface area contributed by atoms with E-state index in [1.165, 1.54) is 60.3 Å². The van der Waals surface area contributed by atoms with Crippen molar-refractivity contribution in [2.45, 2.75) is 30.8 Å². The van der Waals surface area contributed by atoms with E-state index in [0.29, 0.717) is 28.4 Å². The molecule has 0 unspecified atom stereocenters. The molecule has 6 nitrogen and oxygen atoms in total. The van der Waals surface area contributed by atoms with Gasteiger partial charge in [-0.3, -0.25) is 4.57 Å². The van der Waals surface area contributed by atoms with Crippen molar-refractivity contribution in [3.8, 4) is 17.2 Å². The van der Waals surface area contributed by atoms with E-state index < -0.39 is 26.9 Å². The van der Waals surface area contributed by atoms with Crippen LogP contribution in [-0.4, -0.2) is 37.9 Å². The SMILES string of the molecule is COc1ccc(C(C)(C)c2cnc(S(=O)(=O)CCc3ccc(F)c(Cl)c3)n2-c2ccc(F)cc2)cc1OC. The molecular formula is C28H27ClF2N2O4S. The summed E-state index contributed by atoms with van der Waals surface area (Å²) < 4.78 is 66.8. The van der Waals surface area contributed by atoms with Crippen LogP contribution in [0.25, 0.3) is 5.69 Å². The van der Waals surface area contributed by atoms with E-state index in [1.807, 2.05) is 26.0 Å². The van der Waals surface area contributed by atoms with Gasteiger partial charge in [-0.1, -0.05) is 37.6 Å². The van der Waals surface area contributed by atoms with Crippen LogP contribution in [0.3, 0.4) is 0 Å². The summed E-state index contributed by atoms with van der Waals surface area (Å²) in [6, 6.07) is 15.1. The first kappa shape index (κ1) is 27.6. The first-order valence-corrected chi connectivity index (χ1v) is 13.7. The van der Waals surface area contributed by atoms with Gasteiger partial charge in [0.15, 0.2) is 11.5 Å². The predicted molar refractivity (Wildman–Crippen MR) is 142 cm³/mol. The summed E-state index contributed by atoms with van der Waals surface area (Å²) in [6.45, 7) is 3.87. The lowest BCUT2D eigenvalue weighted by Gasteiger charge is -2.28. The Hall–Kier alpha value is -3.43. The number of hydrogen-bond acceptors (Lipinski definition) is 5. The van der Waals surface area contributed by atoms with Gasteiger partial charge in [-0.2, -0.15) is 0 Å². The summed E-state index contributed by atoms with van der Waals surface area (Å²) in [6.07, 6.45) is 1.62. The average Bonchev–Trinajstić information content (AvgIpc) is 3.36. The van der Waals surface area contributed by atoms with Gasteiger partial charge >= 0.3 is 0 Å². The van der Waals surface area contributed by atoms with Crippen LogP contribution in [0, 0.1) is 11.6 Å². The fraction of sp³-hybridized carbons (Fsp3) is 0.250. The summed E-state index contributed by atoms with van der Waals surface area (Å²) in [5, 5.41) is -0.257. The van der Waals surface area contributed by atoms with E-state index >= 15 is 0 Å². The number of imidazole rings is 1. The third-order valence-electron chi connectivity index (χ3n) is 6.48. The van der Waals surface area contributed by atoms with Gasteiger partial charge in [0.2, 0.25) is 15.0 Å². The average molecular weight is 561 g/mol. The first-order valence-electron chi connectivity index (χ1n) is 11.7. The summed E-state index contributed by atoms with van der Waals surface area (Å²) in [4.78, 5) is 4.34. The van der Waals surface area contributed by atoms with E-state index in [2.05, 4.69) is 4.98 Å². The smallest absolute Gasteiger partial charge is 0.232 e. The molecule has 3 aromatic carbocycles. The zero-order valence-corrected chi connectivity index (χ0v) is 22.9. The number of aryl methyl sites for hydroxylation is 1. The van der Waals surface area contributed by atoms with Crippen molar-refractivity contribution < 1.29 is 26.7 Å². The molecule has 0 saturated heterocycles. The normalized spacial score (nSPS) is 12.0. The minimum Gasteiger partial charge on any atom is -0.493 e. The molecule has 0 bridgehead atoms. The van der Waals surface area contributed by atoms with Gasteiger partial charge in [0.05, 0.1) is 36.9 Å². The van der Waals surface area contributed by atoms with Crippen molar-refractivity contribution in [3.05, 3.63) is 100 Å². The molecule has 1 aromatic heterocycles. The third kappa shape index (κ3) is 5.39. The Bertz CT molecular complexity index is 1570. The topological polar surface area (TPSA) is 70.4 Å². The molecule has 0 N–H and O–H groups in total. The van der Waals surface area contributed by atoms with E-state index in [-0.39, 0.29) is 22.4 Å². The molecule has 1 heterocycles. The van der Waals surface area contributed by atoms with Gasteiger partial charge in [-0.25, -0.2) is 22.2 Å². The summed E-state index contributed by atoms with van der Waals surface area (Å²) in [5.41, 5.74) is 1.66. The zero-order valence-electron chi connectivity index (χ0n) is 21.3. The van der Waals surface area contributed by atoms with Gasteiger partial charge in [-0.15, -0.1) is 0 Å². The number of rotatable bonds is 9. The molecule has 0 spiro atoms. The molecule has 38 heavy (non-hydrogen) atoms. The van der Waals surface area contributed by atoms with E-state index in [9.17, 15) is 17.2 Å². The number of nitrogens with zero attached hydrogens (tertiary/aromatic N) is 2. The maximum Gasteiger partial charge on any atom is 0.232 e. The van der Waals surface area contributed by atoms with Gasteiger partial charge < -0.3 is 9.47 Å². The van der Waals surface area contributed by atoms with Crippen molar-refractivity contribution in [1.82, 2.24) is 9.55 Å². The largest absolute Gasteiger partial charge is 0.493 e. The Labute approximate surface area is 225 Å². The molecule has 0 fully saturated rings. The number of benzene rings is 3. The Kier molecular flexibility index (Phi) is 7.80. The molecule has 0 radical (unpaired) electrons. The molecule has 0 aliphatic rings. The highest BCUT2D eigenvalue weighted by Crippen LogP contribution is 2.39. The highest BCUT2D eigenvalue weighted by atomic mass is 35.5. The second-order valence-electron chi connectivity index (χ2n) is 9.25. The van der Waals surface area contributed by atoms with Crippen LogP contribution in [0.4, 0.5) is 8.78 Å². The summed E-state index contributed by atoms with van der Waals surface area (Å²) in [5.74, 6) is -0.233. The van der Waals surface area contributed by atoms with Crippen LogP contribution in [0.5, 0.6) is 11.5 Å².